The van der Waals surface area contributed by atoms with Crippen LogP contribution in [0.3, 0.4) is 0 Å². The van der Waals surface area contributed by atoms with Gasteiger partial charge in [-0.25, -0.2) is 0 Å². The van der Waals surface area contributed by atoms with Gasteiger partial charge in [0.15, 0.2) is 0 Å². The minimum atomic E-state index is -0.163. The first-order valence-electron chi connectivity index (χ1n) is 7.72. The molecule has 0 atom stereocenters. The Kier molecular flexibility index (Phi) is 3.98. The predicted octanol–water partition coefficient (Wildman–Crippen LogP) is 1.41. The van der Waals surface area contributed by atoms with Gasteiger partial charge >= 0.3 is 0 Å². The number of benzene rings is 1. The molecule has 1 aromatic heterocycles. The van der Waals surface area contributed by atoms with E-state index in [1.807, 2.05) is 36.7 Å². The number of amides is 1. The Morgan fingerprint density at radius 3 is 2.50 bits per heavy atom. The van der Waals surface area contributed by atoms with Gasteiger partial charge in [0.05, 0.1) is 5.52 Å². The molecule has 0 spiro atoms. The third-order valence-electron chi connectivity index (χ3n) is 4.35. The smallest absolute Gasteiger partial charge is 0.259 e. The summed E-state index contributed by atoms with van der Waals surface area (Å²) in [7, 11) is 2.04. The lowest BCUT2D eigenvalue weighted by Crippen LogP contribution is -2.48. The van der Waals surface area contributed by atoms with Crippen molar-refractivity contribution in [3.63, 3.8) is 0 Å². The van der Waals surface area contributed by atoms with Crippen molar-refractivity contribution in [3.05, 3.63) is 46.2 Å². The number of nitrogens with zero attached hydrogens (tertiary/aromatic N) is 3. The van der Waals surface area contributed by atoms with Crippen LogP contribution in [0.25, 0.3) is 10.9 Å². The summed E-state index contributed by atoms with van der Waals surface area (Å²) in [6, 6.07) is 7.47. The highest BCUT2D eigenvalue weighted by molar-refractivity contribution is 5.97. The summed E-state index contributed by atoms with van der Waals surface area (Å²) < 4.78 is 1.97. The molecule has 0 saturated carbocycles. The van der Waals surface area contributed by atoms with E-state index in [0.717, 1.165) is 25.2 Å². The van der Waals surface area contributed by atoms with Crippen molar-refractivity contribution in [2.24, 2.45) is 0 Å². The van der Waals surface area contributed by atoms with E-state index in [9.17, 15) is 9.59 Å². The van der Waals surface area contributed by atoms with Crippen molar-refractivity contribution in [3.8, 4) is 0 Å². The SMILES string of the molecule is CCn1cc(C(=O)N2CCN(C)CC2)c(=O)c2ccccc21. The van der Waals surface area contributed by atoms with E-state index >= 15 is 0 Å². The molecule has 0 bridgehead atoms. The lowest BCUT2D eigenvalue weighted by molar-refractivity contribution is 0.0662. The normalized spacial score (nSPS) is 16.2. The van der Waals surface area contributed by atoms with Gasteiger partial charge in [0.2, 0.25) is 5.43 Å². The van der Waals surface area contributed by atoms with Crippen LogP contribution in [0, 0.1) is 0 Å². The summed E-state index contributed by atoms with van der Waals surface area (Å²) >= 11 is 0. The second-order valence-corrected chi connectivity index (χ2v) is 5.77. The quantitative estimate of drug-likeness (QED) is 0.842. The number of likely N-dealkylation sites (N-methyl/N-ethyl adjacent to an activating group) is 1. The molecule has 1 aromatic carbocycles. The number of aromatic nitrogens is 1. The molecule has 1 aliphatic rings. The van der Waals surface area contributed by atoms with Crippen molar-refractivity contribution in [2.75, 3.05) is 33.2 Å². The summed E-state index contributed by atoms with van der Waals surface area (Å²) in [6.07, 6.45) is 1.71. The number of piperazine rings is 1. The van der Waals surface area contributed by atoms with Crippen LogP contribution in [0.4, 0.5) is 0 Å². The monoisotopic (exact) mass is 299 g/mol. The van der Waals surface area contributed by atoms with E-state index in [2.05, 4.69) is 4.90 Å². The minimum absolute atomic E-state index is 0.147. The lowest BCUT2D eigenvalue weighted by Gasteiger charge is -2.32. The van der Waals surface area contributed by atoms with Crippen LogP contribution in [0.5, 0.6) is 0 Å². The van der Waals surface area contributed by atoms with Crippen LogP contribution in [-0.2, 0) is 6.54 Å². The van der Waals surface area contributed by atoms with Crippen molar-refractivity contribution < 1.29 is 4.79 Å². The number of fused-ring (bicyclic) bond motifs is 1. The number of rotatable bonds is 2. The van der Waals surface area contributed by atoms with E-state index in [-0.39, 0.29) is 16.9 Å². The fourth-order valence-electron chi connectivity index (χ4n) is 2.94. The highest BCUT2D eigenvalue weighted by Crippen LogP contribution is 2.13. The van der Waals surface area contributed by atoms with Crippen LogP contribution in [-0.4, -0.2) is 53.5 Å². The fraction of sp³-hybridized carbons (Fsp3) is 0.412. The molecule has 22 heavy (non-hydrogen) atoms. The number of carbonyl (C=O) groups excluding carboxylic acids is 1. The number of pyridine rings is 1. The molecule has 1 saturated heterocycles. The van der Waals surface area contributed by atoms with Crippen molar-refractivity contribution in [1.82, 2.24) is 14.4 Å². The zero-order chi connectivity index (χ0) is 15.7. The number of para-hydroxylation sites is 1. The third-order valence-corrected chi connectivity index (χ3v) is 4.35. The average Bonchev–Trinajstić information content (AvgIpc) is 2.55. The van der Waals surface area contributed by atoms with Gasteiger partial charge in [0, 0.05) is 44.3 Å². The first kappa shape index (κ1) is 14.8. The summed E-state index contributed by atoms with van der Waals surface area (Å²) in [5, 5.41) is 0.615. The second kappa shape index (κ2) is 5.93. The second-order valence-electron chi connectivity index (χ2n) is 5.77. The zero-order valence-corrected chi connectivity index (χ0v) is 13.1. The molecule has 116 valence electrons. The van der Waals surface area contributed by atoms with Gasteiger partial charge in [-0.1, -0.05) is 12.1 Å². The predicted molar refractivity (Wildman–Crippen MR) is 87.3 cm³/mol. The highest BCUT2D eigenvalue weighted by atomic mass is 16.2. The van der Waals surface area contributed by atoms with Crippen LogP contribution >= 0.6 is 0 Å². The van der Waals surface area contributed by atoms with E-state index < -0.39 is 0 Å². The van der Waals surface area contributed by atoms with Gasteiger partial charge in [-0.05, 0) is 26.1 Å². The van der Waals surface area contributed by atoms with E-state index in [1.54, 1.807) is 17.2 Å². The molecule has 0 N–H and O–H groups in total. The molecular weight excluding hydrogens is 278 g/mol. The summed E-state index contributed by atoms with van der Waals surface area (Å²) in [4.78, 5) is 29.4. The van der Waals surface area contributed by atoms with Gasteiger partial charge in [-0.2, -0.15) is 0 Å². The molecule has 1 fully saturated rings. The first-order valence-corrected chi connectivity index (χ1v) is 7.72. The number of carbonyl (C=O) groups is 1. The molecule has 1 aliphatic heterocycles. The Balaban J connectivity index is 2.05. The Hall–Kier alpha value is -2.14. The minimum Gasteiger partial charge on any atom is -0.347 e. The third kappa shape index (κ3) is 2.52. The molecule has 0 unspecified atom stereocenters. The molecule has 3 rings (SSSR count). The maximum Gasteiger partial charge on any atom is 0.259 e. The Bertz CT molecular complexity index is 758. The largest absolute Gasteiger partial charge is 0.347 e. The maximum absolute atomic E-state index is 12.7. The van der Waals surface area contributed by atoms with Gasteiger partial charge in [0.1, 0.15) is 5.56 Å². The highest BCUT2D eigenvalue weighted by Gasteiger charge is 2.23. The Labute approximate surface area is 129 Å². The van der Waals surface area contributed by atoms with Gasteiger partial charge in [-0.15, -0.1) is 0 Å². The molecule has 0 radical (unpaired) electrons. The van der Waals surface area contributed by atoms with Crippen LogP contribution in [0.2, 0.25) is 0 Å². The van der Waals surface area contributed by atoms with Crippen LogP contribution in [0.15, 0.2) is 35.3 Å². The fourth-order valence-corrected chi connectivity index (χ4v) is 2.94. The standard InChI is InChI=1S/C17H21N3O2/c1-3-19-12-14(16(21)13-6-4-5-7-15(13)19)17(22)20-10-8-18(2)9-11-20/h4-7,12H,3,8-11H2,1-2H3. The molecule has 5 heteroatoms. The van der Waals surface area contributed by atoms with Gasteiger partial charge in [0.25, 0.3) is 5.91 Å². The maximum atomic E-state index is 12.7. The van der Waals surface area contributed by atoms with Crippen molar-refractivity contribution in [2.45, 2.75) is 13.5 Å². The molecular formula is C17H21N3O2. The van der Waals surface area contributed by atoms with Gasteiger partial charge < -0.3 is 14.4 Å². The molecule has 0 aliphatic carbocycles. The molecule has 5 nitrogen and oxygen atoms in total. The number of hydrogen-bond acceptors (Lipinski definition) is 3. The molecule has 2 heterocycles. The zero-order valence-electron chi connectivity index (χ0n) is 13.1. The van der Waals surface area contributed by atoms with Crippen LogP contribution < -0.4 is 5.43 Å². The van der Waals surface area contributed by atoms with E-state index in [1.165, 1.54) is 0 Å². The van der Waals surface area contributed by atoms with Crippen molar-refractivity contribution in [1.29, 1.82) is 0 Å². The summed E-state index contributed by atoms with van der Waals surface area (Å²) in [6.45, 7) is 5.79. The first-order chi connectivity index (χ1) is 10.6. The topological polar surface area (TPSA) is 45.6 Å². The van der Waals surface area contributed by atoms with Crippen molar-refractivity contribution >= 4 is 16.8 Å². The average molecular weight is 299 g/mol. The molecule has 1 amide bonds. The lowest BCUT2D eigenvalue weighted by atomic mass is 10.1. The van der Waals surface area contributed by atoms with E-state index in [4.69, 9.17) is 0 Å². The Morgan fingerprint density at radius 2 is 1.82 bits per heavy atom. The van der Waals surface area contributed by atoms with E-state index in [0.29, 0.717) is 18.5 Å². The Morgan fingerprint density at radius 1 is 1.14 bits per heavy atom. The number of aryl methyl sites for hydroxylation is 1. The van der Waals surface area contributed by atoms with Gasteiger partial charge in [-0.3, -0.25) is 9.59 Å². The van der Waals surface area contributed by atoms with Crippen LogP contribution in [0.1, 0.15) is 17.3 Å². The number of hydrogen-bond donors (Lipinski definition) is 0. The molecule has 2 aromatic rings. The summed E-state index contributed by atoms with van der Waals surface area (Å²) in [5.41, 5.74) is 0.999. The summed E-state index contributed by atoms with van der Waals surface area (Å²) in [5.74, 6) is -0.147.